The van der Waals surface area contributed by atoms with E-state index in [1.165, 1.54) is 0 Å². The van der Waals surface area contributed by atoms with Gasteiger partial charge < -0.3 is 15.1 Å². The average molecular weight is 293 g/mol. The number of hydrogen-bond acceptors (Lipinski definition) is 3. The smallest absolute Gasteiger partial charge is 0.238 e. The zero-order chi connectivity index (χ0) is 14.4. The molecule has 0 fully saturated rings. The Morgan fingerprint density at radius 1 is 1.35 bits per heavy atom. The monoisotopic (exact) mass is 292 g/mol. The third-order valence-electron chi connectivity index (χ3n) is 2.89. The van der Waals surface area contributed by atoms with Crippen molar-refractivity contribution in [2.24, 2.45) is 0 Å². The highest BCUT2D eigenvalue weighted by atomic mass is 35.5. The molecule has 0 saturated carbocycles. The molecule has 106 valence electrons. The lowest BCUT2D eigenvalue weighted by Crippen LogP contribution is -2.29. The highest BCUT2D eigenvalue weighted by molar-refractivity contribution is 6.31. The van der Waals surface area contributed by atoms with Gasteiger partial charge in [0, 0.05) is 23.7 Å². The van der Waals surface area contributed by atoms with Crippen LogP contribution in [0.4, 0.5) is 5.69 Å². The number of anilines is 1. The fraction of sp³-hybridized carbons (Fsp3) is 0.267. The summed E-state index contributed by atoms with van der Waals surface area (Å²) in [6, 6.07) is 9.19. The third kappa shape index (κ3) is 4.40. The van der Waals surface area contributed by atoms with Crippen LogP contribution in [0.25, 0.3) is 0 Å². The highest BCUT2D eigenvalue weighted by Gasteiger charge is 2.05. The van der Waals surface area contributed by atoms with Crippen LogP contribution in [0, 0.1) is 6.92 Å². The van der Waals surface area contributed by atoms with Crippen molar-refractivity contribution in [1.29, 1.82) is 0 Å². The van der Waals surface area contributed by atoms with E-state index < -0.39 is 0 Å². The van der Waals surface area contributed by atoms with Crippen LogP contribution in [0.15, 0.2) is 41.0 Å². The van der Waals surface area contributed by atoms with E-state index in [9.17, 15) is 4.79 Å². The van der Waals surface area contributed by atoms with Crippen molar-refractivity contribution in [2.75, 3.05) is 18.4 Å². The van der Waals surface area contributed by atoms with Crippen molar-refractivity contribution >= 4 is 23.2 Å². The number of furan rings is 1. The van der Waals surface area contributed by atoms with E-state index in [1.807, 2.05) is 25.1 Å². The van der Waals surface area contributed by atoms with Gasteiger partial charge in [-0.15, -0.1) is 0 Å². The Labute approximate surface area is 123 Å². The van der Waals surface area contributed by atoms with E-state index in [4.69, 9.17) is 16.0 Å². The SMILES string of the molecule is Cc1ccc(Cl)cc1NC(=O)CNCCc1ccco1. The molecule has 1 amide bonds. The summed E-state index contributed by atoms with van der Waals surface area (Å²) < 4.78 is 5.21. The molecule has 1 aromatic heterocycles. The van der Waals surface area contributed by atoms with E-state index in [2.05, 4.69) is 10.6 Å². The molecular formula is C15H17ClN2O2. The minimum Gasteiger partial charge on any atom is -0.469 e. The first kappa shape index (κ1) is 14.6. The predicted molar refractivity (Wildman–Crippen MR) is 80.1 cm³/mol. The van der Waals surface area contributed by atoms with Crippen molar-refractivity contribution in [3.63, 3.8) is 0 Å². The summed E-state index contributed by atoms with van der Waals surface area (Å²) in [5, 5.41) is 6.52. The highest BCUT2D eigenvalue weighted by Crippen LogP contribution is 2.19. The largest absolute Gasteiger partial charge is 0.469 e. The molecule has 0 unspecified atom stereocenters. The van der Waals surface area contributed by atoms with E-state index in [-0.39, 0.29) is 12.5 Å². The third-order valence-corrected chi connectivity index (χ3v) is 3.12. The van der Waals surface area contributed by atoms with Gasteiger partial charge in [-0.25, -0.2) is 0 Å². The first-order valence-corrected chi connectivity index (χ1v) is 6.82. The second-order valence-electron chi connectivity index (χ2n) is 4.51. The molecule has 0 saturated heterocycles. The molecule has 2 N–H and O–H groups in total. The molecule has 1 aromatic carbocycles. The number of nitrogens with one attached hydrogen (secondary N) is 2. The van der Waals surface area contributed by atoms with Crippen LogP contribution in [0.5, 0.6) is 0 Å². The van der Waals surface area contributed by atoms with Crippen LogP contribution < -0.4 is 10.6 Å². The molecule has 0 spiro atoms. The summed E-state index contributed by atoms with van der Waals surface area (Å²) >= 11 is 5.91. The van der Waals surface area contributed by atoms with Crippen LogP contribution in [0.2, 0.25) is 5.02 Å². The summed E-state index contributed by atoms with van der Waals surface area (Å²) in [6.07, 6.45) is 2.40. The van der Waals surface area contributed by atoms with E-state index in [0.717, 1.165) is 23.4 Å². The van der Waals surface area contributed by atoms with Gasteiger partial charge in [0.25, 0.3) is 0 Å². The molecule has 2 rings (SSSR count). The van der Waals surface area contributed by atoms with Gasteiger partial charge >= 0.3 is 0 Å². The molecule has 0 radical (unpaired) electrons. The van der Waals surface area contributed by atoms with Gasteiger partial charge in [0.15, 0.2) is 0 Å². The maximum Gasteiger partial charge on any atom is 0.238 e. The molecule has 0 aliphatic heterocycles. The Hall–Kier alpha value is -1.78. The maximum atomic E-state index is 11.8. The Balaban J connectivity index is 1.73. The summed E-state index contributed by atoms with van der Waals surface area (Å²) in [5.41, 5.74) is 1.73. The topological polar surface area (TPSA) is 54.3 Å². The molecule has 0 aliphatic rings. The fourth-order valence-electron chi connectivity index (χ4n) is 1.79. The number of carbonyl (C=O) groups excluding carboxylic acids is 1. The fourth-order valence-corrected chi connectivity index (χ4v) is 1.96. The van der Waals surface area contributed by atoms with Gasteiger partial charge in [-0.1, -0.05) is 17.7 Å². The molecule has 1 heterocycles. The van der Waals surface area contributed by atoms with Gasteiger partial charge in [-0.05, 0) is 36.8 Å². The van der Waals surface area contributed by atoms with Crippen molar-refractivity contribution in [3.05, 3.63) is 52.9 Å². The lowest BCUT2D eigenvalue weighted by atomic mass is 10.2. The Morgan fingerprint density at radius 2 is 2.20 bits per heavy atom. The molecular weight excluding hydrogens is 276 g/mol. The summed E-state index contributed by atoms with van der Waals surface area (Å²) in [6.45, 7) is 2.87. The summed E-state index contributed by atoms with van der Waals surface area (Å²) in [4.78, 5) is 11.8. The first-order chi connectivity index (χ1) is 9.65. The van der Waals surface area contributed by atoms with Crippen LogP contribution in [0.1, 0.15) is 11.3 Å². The zero-order valence-electron chi connectivity index (χ0n) is 11.3. The summed E-state index contributed by atoms with van der Waals surface area (Å²) in [7, 11) is 0. The van der Waals surface area contributed by atoms with Gasteiger partial charge in [0.2, 0.25) is 5.91 Å². The van der Waals surface area contributed by atoms with Crippen molar-refractivity contribution in [1.82, 2.24) is 5.32 Å². The van der Waals surface area contributed by atoms with Gasteiger partial charge in [-0.3, -0.25) is 4.79 Å². The number of hydrogen-bond donors (Lipinski definition) is 2. The van der Waals surface area contributed by atoms with Crippen molar-refractivity contribution < 1.29 is 9.21 Å². The standard InChI is InChI=1S/C15H17ClN2O2/c1-11-4-5-12(16)9-14(11)18-15(19)10-17-7-6-13-3-2-8-20-13/h2-5,8-9,17H,6-7,10H2,1H3,(H,18,19). The Morgan fingerprint density at radius 3 is 2.95 bits per heavy atom. The summed E-state index contributed by atoms with van der Waals surface area (Å²) in [5.74, 6) is 0.818. The molecule has 5 heteroatoms. The molecule has 4 nitrogen and oxygen atoms in total. The minimum atomic E-state index is -0.0881. The van der Waals surface area contributed by atoms with Crippen LogP contribution in [-0.2, 0) is 11.2 Å². The second kappa shape index (κ2) is 7.12. The lowest BCUT2D eigenvalue weighted by molar-refractivity contribution is -0.115. The normalized spacial score (nSPS) is 10.5. The first-order valence-electron chi connectivity index (χ1n) is 6.44. The molecule has 2 aromatic rings. The van der Waals surface area contributed by atoms with Gasteiger partial charge in [0.05, 0.1) is 12.8 Å². The number of benzene rings is 1. The van der Waals surface area contributed by atoms with Gasteiger partial charge in [0.1, 0.15) is 5.76 Å². The van der Waals surface area contributed by atoms with Crippen LogP contribution >= 0.6 is 11.6 Å². The molecule has 20 heavy (non-hydrogen) atoms. The van der Waals surface area contributed by atoms with Gasteiger partial charge in [-0.2, -0.15) is 0 Å². The molecule has 0 atom stereocenters. The number of amides is 1. The van der Waals surface area contributed by atoms with E-state index in [1.54, 1.807) is 18.4 Å². The Kier molecular flexibility index (Phi) is 5.21. The Bertz CT molecular complexity index is 567. The van der Waals surface area contributed by atoms with E-state index in [0.29, 0.717) is 11.6 Å². The maximum absolute atomic E-state index is 11.8. The van der Waals surface area contributed by atoms with Crippen molar-refractivity contribution in [2.45, 2.75) is 13.3 Å². The molecule has 0 bridgehead atoms. The van der Waals surface area contributed by atoms with Crippen LogP contribution in [0.3, 0.4) is 0 Å². The lowest BCUT2D eigenvalue weighted by Gasteiger charge is -2.09. The average Bonchev–Trinajstić information content (AvgIpc) is 2.92. The quantitative estimate of drug-likeness (QED) is 0.805. The number of rotatable bonds is 6. The van der Waals surface area contributed by atoms with Crippen molar-refractivity contribution in [3.8, 4) is 0 Å². The second-order valence-corrected chi connectivity index (χ2v) is 4.95. The number of carbonyl (C=O) groups is 1. The predicted octanol–water partition coefficient (Wildman–Crippen LogP) is 3.01. The zero-order valence-corrected chi connectivity index (χ0v) is 12.0. The number of halogens is 1. The molecule has 0 aliphatic carbocycles. The minimum absolute atomic E-state index is 0.0881. The van der Waals surface area contributed by atoms with Crippen LogP contribution in [-0.4, -0.2) is 19.0 Å². The van der Waals surface area contributed by atoms with E-state index >= 15 is 0 Å². The number of aryl methyl sites for hydroxylation is 1.